The summed E-state index contributed by atoms with van der Waals surface area (Å²) in [6, 6.07) is 5.18. The van der Waals surface area contributed by atoms with Crippen molar-refractivity contribution in [3.8, 4) is 5.75 Å². The lowest BCUT2D eigenvalue weighted by Gasteiger charge is -2.08. The number of benzene rings is 1. The second-order valence-electron chi connectivity index (χ2n) is 4.64. The highest BCUT2D eigenvalue weighted by Gasteiger charge is 2.33. The van der Waals surface area contributed by atoms with Gasteiger partial charge < -0.3 is 10.4 Å². The quantitative estimate of drug-likeness (QED) is 0.821. The Kier molecular flexibility index (Phi) is 7.16. The van der Waals surface area contributed by atoms with Gasteiger partial charge in [0.2, 0.25) is 0 Å². The minimum Gasteiger partial charge on any atom is -0.507 e. The van der Waals surface area contributed by atoms with E-state index in [1.807, 2.05) is 0 Å². The second-order valence-corrected chi connectivity index (χ2v) is 5.02. The zero-order valence-electron chi connectivity index (χ0n) is 11.1. The number of halogens is 4. The molecule has 1 saturated carbocycles. The molecule has 1 aromatic rings. The summed E-state index contributed by atoms with van der Waals surface area (Å²) in [6.07, 6.45) is 1.05. The van der Waals surface area contributed by atoms with Crippen molar-refractivity contribution < 1.29 is 18.3 Å². The van der Waals surface area contributed by atoms with Gasteiger partial charge in [0, 0.05) is 18.5 Å². The van der Waals surface area contributed by atoms with Crippen molar-refractivity contribution in [2.75, 3.05) is 12.4 Å². The Labute approximate surface area is 121 Å². The summed E-state index contributed by atoms with van der Waals surface area (Å²) in [4.78, 5) is 0. The van der Waals surface area contributed by atoms with Gasteiger partial charge in [-0.05, 0) is 25.0 Å². The molecule has 1 aromatic carbocycles. The lowest BCUT2D eigenvalue weighted by Crippen LogP contribution is -2.27. The predicted molar refractivity (Wildman–Crippen MR) is 74.1 cm³/mol. The van der Waals surface area contributed by atoms with Gasteiger partial charge in [-0.3, -0.25) is 0 Å². The summed E-state index contributed by atoms with van der Waals surface area (Å²) < 4.78 is 35.7. The van der Waals surface area contributed by atoms with Gasteiger partial charge in [-0.2, -0.15) is 13.2 Å². The maximum atomic E-state index is 11.9. The first-order valence-corrected chi connectivity index (χ1v) is 7.13. The van der Waals surface area contributed by atoms with Crippen LogP contribution in [0.25, 0.3) is 0 Å². The van der Waals surface area contributed by atoms with Crippen molar-refractivity contribution in [3.63, 3.8) is 0 Å². The van der Waals surface area contributed by atoms with E-state index >= 15 is 0 Å². The molecule has 0 aromatic heterocycles. The van der Waals surface area contributed by atoms with Crippen molar-refractivity contribution in [3.05, 3.63) is 29.8 Å². The van der Waals surface area contributed by atoms with E-state index in [9.17, 15) is 13.2 Å². The fourth-order valence-corrected chi connectivity index (χ4v) is 2.21. The minimum absolute atomic E-state index is 0.736. The summed E-state index contributed by atoms with van der Waals surface area (Å²) in [6.45, 7) is 0.978. The standard InChI is InChI=1S/C7H14ClN.C7H5F3O/c8-5-6-9-7-3-1-2-4-7;8-7(9,10)5-3-1-2-4-6(5)11/h7,9H,1-6H2;1-4,11H. The molecule has 0 unspecified atom stereocenters. The third-order valence-electron chi connectivity index (χ3n) is 3.09. The zero-order valence-corrected chi connectivity index (χ0v) is 11.8. The van der Waals surface area contributed by atoms with Gasteiger partial charge in [-0.15, -0.1) is 11.6 Å². The van der Waals surface area contributed by atoms with Crippen LogP contribution in [-0.4, -0.2) is 23.6 Å². The largest absolute Gasteiger partial charge is 0.507 e. The molecular formula is C14H19ClF3NO. The van der Waals surface area contributed by atoms with E-state index in [0.717, 1.165) is 30.6 Å². The summed E-state index contributed by atoms with van der Waals surface area (Å²) in [5, 5.41) is 12.1. The number of rotatable bonds is 3. The number of alkyl halides is 4. The normalized spacial score (nSPS) is 15.8. The highest BCUT2D eigenvalue weighted by atomic mass is 35.5. The Morgan fingerprint density at radius 3 is 2.25 bits per heavy atom. The lowest BCUT2D eigenvalue weighted by molar-refractivity contribution is -0.138. The molecule has 0 bridgehead atoms. The van der Waals surface area contributed by atoms with Crippen molar-refractivity contribution in [1.29, 1.82) is 0 Å². The molecule has 1 fully saturated rings. The smallest absolute Gasteiger partial charge is 0.419 e. The highest BCUT2D eigenvalue weighted by Crippen LogP contribution is 2.34. The van der Waals surface area contributed by atoms with Crippen LogP contribution in [0.4, 0.5) is 13.2 Å². The van der Waals surface area contributed by atoms with Gasteiger partial charge in [0.05, 0.1) is 5.56 Å². The molecule has 1 aliphatic carbocycles. The van der Waals surface area contributed by atoms with Gasteiger partial charge >= 0.3 is 6.18 Å². The van der Waals surface area contributed by atoms with E-state index < -0.39 is 17.5 Å². The van der Waals surface area contributed by atoms with E-state index in [0.29, 0.717) is 0 Å². The molecule has 20 heavy (non-hydrogen) atoms. The molecule has 0 heterocycles. The van der Waals surface area contributed by atoms with Crippen molar-refractivity contribution in [2.45, 2.75) is 37.9 Å². The molecule has 0 saturated heterocycles. The average molecular weight is 310 g/mol. The lowest BCUT2D eigenvalue weighted by atomic mass is 10.2. The number of phenolic OH excluding ortho intramolecular Hbond substituents is 1. The molecule has 0 amide bonds. The zero-order chi connectivity index (χ0) is 15.0. The molecule has 2 nitrogen and oxygen atoms in total. The monoisotopic (exact) mass is 309 g/mol. The Morgan fingerprint density at radius 2 is 1.80 bits per heavy atom. The Hall–Kier alpha value is -0.940. The van der Waals surface area contributed by atoms with Crippen LogP contribution in [0.1, 0.15) is 31.2 Å². The molecule has 0 spiro atoms. The fraction of sp³-hybridized carbons (Fsp3) is 0.571. The van der Waals surface area contributed by atoms with Crippen molar-refractivity contribution in [1.82, 2.24) is 5.32 Å². The third kappa shape index (κ3) is 6.01. The first-order valence-electron chi connectivity index (χ1n) is 6.59. The van der Waals surface area contributed by atoms with Gasteiger partial charge in [-0.1, -0.05) is 25.0 Å². The summed E-state index contributed by atoms with van der Waals surface area (Å²) in [7, 11) is 0. The van der Waals surface area contributed by atoms with E-state index in [1.165, 1.54) is 37.8 Å². The SMILES string of the molecule is ClCCNC1CCCC1.Oc1ccccc1C(F)(F)F. The van der Waals surface area contributed by atoms with Gasteiger partial charge in [0.1, 0.15) is 5.75 Å². The molecular weight excluding hydrogens is 291 g/mol. The van der Waals surface area contributed by atoms with Gasteiger partial charge in [-0.25, -0.2) is 0 Å². The Balaban J connectivity index is 0.000000204. The number of para-hydroxylation sites is 1. The topological polar surface area (TPSA) is 32.3 Å². The third-order valence-corrected chi connectivity index (χ3v) is 3.28. The Morgan fingerprint density at radius 1 is 1.20 bits per heavy atom. The molecule has 114 valence electrons. The van der Waals surface area contributed by atoms with Crippen LogP contribution in [0.2, 0.25) is 0 Å². The van der Waals surface area contributed by atoms with Crippen molar-refractivity contribution in [2.24, 2.45) is 0 Å². The van der Waals surface area contributed by atoms with E-state index in [4.69, 9.17) is 16.7 Å². The van der Waals surface area contributed by atoms with Crippen LogP contribution in [0, 0.1) is 0 Å². The van der Waals surface area contributed by atoms with Crippen LogP contribution in [0.3, 0.4) is 0 Å². The number of phenols is 1. The first-order chi connectivity index (χ1) is 9.45. The first kappa shape index (κ1) is 17.1. The van der Waals surface area contributed by atoms with Crippen molar-refractivity contribution >= 4 is 11.6 Å². The summed E-state index contributed by atoms with van der Waals surface area (Å²) in [5.41, 5.74) is -1.000. The molecule has 0 atom stereocenters. The van der Waals surface area contributed by atoms with Crippen LogP contribution in [0.15, 0.2) is 24.3 Å². The number of hydrogen-bond donors (Lipinski definition) is 2. The minimum atomic E-state index is -4.47. The maximum absolute atomic E-state index is 11.9. The van der Waals surface area contributed by atoms with E-state index in [1.54, 1.807) is 0 Å². The molecule has 0 aliphatic heterocycles. The fourth-order valence-electron chi connectivity index (χ4n) is 2.10. The molecule has 0 radical (unpaired) electrons. The maximum Gasteiger partial charge on any atom is 0.419 e. The molecule has 2 N–H and O–H groups in total. The molecule has 2 rings (SSSR count). The van der Waals surface area contributed by atoms with E-state index in [2.05, 4.69) is 5.32 Å². The van der Waals surface area contributed by atoms with Crippen LogP contribution in [-0.2, 0) is 6.18 Å². The molecule has 1 aliphatic rings. The predicted octanol–water partition coefficient (Wildman–Crippen LogP) is 4.17. The van der Waals surface area contributed by atoms with Gasteiger partial charge in [0.25, 0.3) is 0 Å². The molecule has 6 heteroatoms. The summed E-state index contributed by atoms with van der Waals surface area (Å²) in [5.74, 6) is 0.0104. The number of nitrogens with one attached hydrogen (secondary N) is 1. The Bertz CT molecular complexity index is 392. The van der Waals surface area contributed by atoms with Crippen LogP contribution >= 0.6 is 11.6 Å². The average Bonchev–Trinajstić information content (AvgIpc) is 2.89. The number of hydrogen-bond acceptors (Lipinski definition) is 2. The van der Waals surface area contributed by atoms with Crippen LogP contribution in [0.5, 0.6) is 5.75 Å². The van der Waals surface area contributed by atoms with Gasteiger partial charge in [0.15, 0.2) is 0 Å². The second kappa shape index (κ2) is 8.37. The summed E-state index contributed by atoms with van der Waals surface area (Å²) >= 11 is 5.52. The van der Waals surface area contributed by atoms with Crippen LogP contribution < -0.4 is 5.32 Å². The highest BCUT2D eigenvalue weighted by molar-refractivity contribution is 6.18. The number of aromatic hydroxyl groups is 1. The van der Waals surface area contributed by atoms with E-state index in [-0.39, 0.29) is 0 Å².